The number of aryl methyl sites for hydroxylation is 1. The molecule has 2 unspecified atom stereocenters. The molecule has 0 saturated heterocycles. The Morgan fingerprint density at radius 1 is 1.33 bits per heavy atom. The minimum Gasteiger partial charge on any atom is -0.322 e. The summed E-state index contributed by atoms with van der Waals surface area (Å²) in [6.07, 6.45) is 0. The average Bonchev–Trinajstić information content (AvgIpc) is 2.81. The van der Waals surface area contributed by atoms with Gasteiger partial charge in [0.25, 0.3) is 0 Å². The van der Waals surface area contributed by atoms with Crippen molar-refractivity contribution in [3.63, 3.8) is 0 Å². The SMILES string of the molecule is Cc1ccc(C(C)n2nnnc2C(C)N)cc1F. The van der Waals surface area contributed by atoms with Gasteiger partial charge in [-0.25, -0.2) is 9.07 Å². The van der Waals surface area contributed by atoms with Gasteiger partial charge in [-0.1, -0.05) is 12.1 Å². The normalized spacial score (nSPS) is 14.5. The first-order valence-electron chi connectivity index (χ1n) is 5.80. The molecular formula is C12H16FN5. The van der Waals surface area contributed by atoms with Crippen LogP contribution >= 0.6 is 0 Å². The Morgan fingerprint density at radius 3 is 2.67 bits per heavy atom. The summed E-state index contributed by atoms with van der Waals surface area (Å²) in [6, 6.07) is 4.70. The number of benzene rings is 1. The lowest BCUT2D eigenvalue weighted by Crippen LogP contribution is -2.18. The molecule has 96 valence electrons. The molecule has 0 aliphatic rings. The summed E-state index contributed by atoms with van der Waals surface area (Å²) >= 11 is 0. The van der Waals surface area contributed by atoms with Crippen LogP contribution in [-0.4, -0.2) is 20.2 Å². The monoisotopic (exact) mass is 249 g/mol. The third-order valence-electron chi connectivity index (χ3n) is 2.97. The van der Waals surface area contributed by atoms with Crippen LogP contribution in [-0.2, 0) is 0 Å². The van der Waals surface area contributed by atoms with Gasteiger partial charge in [-0.3, -0.25) is 0 Å². The van der Waals surface area contributed by atoms with Crippen molar-refractivity contribution in [2.75, 3.05) is 0 Å². The fourth-order valence-electron chi connectivity index (χ4n) is 1.79. The van der Waals surface area contributed by atoms with E-state index in [0.717, 1.165) is 5.56 Å². The van der Waals surface area contributed by atoms with Gasteiger partial charge in [-0.15, -0.1) is 5.10 Å². The second kappa shape index (κ2) is 4.81. The van der Waals surface area contributed by atoms with E-state index < -0.39 is 0 Å². The third-order valence-corrected chi connectivity index (χ3v) is 2.97. The molecule has 5 nitrogen and oxygen atoms in total. The van der Waals surface area contributed by atoms with Gasteiger partial charge in [0.15, 0.2) is 5.82 Å². The van der Waals surface area contributed by atoms with Crippen molar-refractivity contribution < 1.29 is 4.39 Å². The van der Waals surface area contributed by atoms with Crippen LogP contribution in [0.1, 0.15) is 42.9 Å². The van der Waals surface area contributed by atoms with Gasteiger partial charge >= 0.3 is 0 Å². The lowest BCUT2D eigenvalue weighted by atomic mass is 10.1. The van der Waals surface area contributed by atoms with Crippen molar-refractivity contribution in [1.82, 2.24) is 20.2 Å². The molecule has 0 saturated carbocycles. The molecule has 0 fully saturated rings. The molecule has 2 aromatic rings. The van der Waals surface area contributed by atoms with E-state index in [9.17, 15) is 4.39 Å². The van der Waals surface area contributed by atoms with Crippen molar-refractivity contribution in [1.29, 1.82) is 0 Å². The van der Waals surface area contributed by atoms with Gasteiger partial charge in [0.05, 0.1) is 12.1 Å². The molecule has 0 bridgehead atoms. The summed E-state index contributed by atoms with van der Waals surface area (Å²) in [4.78, 5) is 0. The number of rotatable bonds is 3. The topological polar surface area (TPSA) is 69.6 Å². The Morgan fingerprint density at radius 2 is 2.06 bits per heavy atom. The van der Waals surface area contributed by atoms with Gasteiger partial charge in [0, 0.05) is 0 Å². The van der Waals surface area contributed by atoms with Crippen LogP contribution in [0.4, 0.5) is 4.39 Å². The second-order valence-corrected chi connectivity index (χ2v) is 4.45. The lowest BCUT2D eigenvalue weighted by Gasteiger charge is -2.15. The summed E-state index contributed by atoms with van der Waals surface area (Å²) in [5.74, 6) is 0.359. The van der Waals surface area contributed by atoms with Crippen molar-refractivity contribution in [3.8, 4) is 0 Å². The molecule has 0 radical (unpaired) electrons. The van der Waals surface area contributed by atoms with E-state index in [1.54, 1.807) is 17.7 Å². The highest BCUT2D eigenvalue weighted by Crippen LogP contribution is 2.21. The van der Waals surface area contributed by atoms with Gasteiger partial charge in [-0.2, -0.15) is 0 Å². The van der Waals surface area contributed by atoms with Crippen LogP contribution in [0.25, 0.3) is 0 Å². The van der Waals surface area contributed by atoms with Crippen molar-refractivity contribution >= 4 is 0 Å². The maximum Gasteiger partial charge on any atom is 0.168 e. The number of tetrazole rings is 1. The maximum atomic E-state index is 13.6. The molecule has 18 heavy (non-hydrogen) atoms. The molecule has 2 N–H and O–H groups in total. The minimum atomic E-state index is -0.266. The van der Waals surface area contributed by atoms with Gasteiger partial charge in [-0.05, 0) is 48.4 Å². The zero-order valence-corrected chi connectivity index (χ0v) is 10.6. The highest BCUT2D eigenvalue weighted by atomic mass is 19.1. The van der Waals surface area contributed by atoms with E-state index in [0.29, 0.717) is 11.4 Å². The number of hydrogen-bond acceptors (Lipinski definition) is 4. The van der Waals surface area contributed by atoms with Crippen molar-refractivity contribution in [2.45, 2.75) is 32.9 Å². The molecule has 0 amide bonds. The Bertz CT molecular complexity index is 549. The van der Waals surface area contributed by atoms with E-state index in [-0.39, 0.29) is 17.9 Å². The van der Waals surface area contributed by atoms with Crippen LogP contribution in [0.15, 0.2) is 18.2 Å². The summed E-state index contributed by atoms with van der Waals surface area (Å²) in [6.45, 7) is 5.45. The molecule has 2 atom stereocenters. The Kier molecular flexibility index (Phi) is 3.38. The molecule has 1 heterocycles. The summed E-state index contributed by atoms with van der Waals surface area (Å²) < 4.78 is 15.2. The summed E-state index contributed by atoms with van der Waals surface area (Å²) in [7, 11) is 0. The zero-order chi connectivity index (χ0) is 13.3. The molecule has 1 aromatic carbocycles. The molecule has 0 spiro atoms. The van der Waals surface area contributed by atoms with Crippen LogP contribution in [0.3, 0.4) is 0 Å². The summed E-state index contributed by atoms with van der Waals surface area (Å²) in [5.41, 5.74) is 7.22. The fraction of sp³-hybridized carbons (Fsp3) is 0.417. The van der Waals surface area contributed by atoms with Crippen LogP contribution < -0.4 is 5.73 Å². The lowest BCUT2D eigenvalue weighted by molar-refractivity contribution is 0.500. The maximum absolute atomic E-state index is 13.6. The van der Waals surface area contributed by atoms with E-state index in [1.807, 2.05) is 19.9 Å². The number of aromatic nitrogens is 4. The number of nitrogens with zero attached hydrogens (tertiary/aromatic N) is 4. The molecule has 2 rings (SSSR count). The highest BCUT2D eigenvalue weighted by molar-refractivity contribution is 5.26. The largest absolute Gasteiger partial charge is 0.322 e. The Hall–Kier alpha value is -1.82. The first-order valence-corrected chi connectivity index (χ1v) is 5.80. The smallest absolute Gasteiger partial charge is 0.168 e. The van der Waals surface area contributed by atoms with E-state index in [1.165, 1.54) is 6.07 Å². The first kappa shape index (κ1) is 12.6. The van der Waals surface area contributed by atoms with Crippen LogP contribution in [0, 0.1) is 12.7 Å². The van der Waals surface area contributed by atoms with Crippen molar-refractivity contribution in [3.05, 3.63) is 41.0 Å². The number of halogens is 1. The van der Waals surface area contributed by atoms with E-state index in [4.69, 9.17) is 5.73 Å². The number of hydrogen-bond donors (Lipinski definition) is 1. The summed E-state index contributed by atoms with van der Waals surface area (Å²) in [5, 5.41) is 11.4. The molecular weight excluding hydrogens is 233 g/mol. The predicted octanol–water partition coefficient (Wildman–Crippen LogP) is 1.75. The van der Waals surface area contributed by atoms with Gasteiger partial charge in [0.2, 0.25) is 0 Å². The second-order valence-electron chi connectivity index (χ2n) is 4.45. The quantitative estimate of drug-likeness (QED) is 0.899. The molecule has 6 heteroatoms. The first-order chi connectivity index (χ1) is 8.50. The van der Waals surface area contributed by atoms with Gasteiger partial charge in [0.1, 0.15) is 5.82 Å². The van der Waals surface area contributed by atoms with E-state index >= 15 is 0 Å². The van der Waals surface area contributed by atoms with Gasteiger partial charge < -0.3 is 5.73 Å². The minimum absolute atomic E-state index is 0.156. The van der Waals surface area contributed by atoms with Crippen LogP contribution in [0.5, 0.6) is 0 Å². The molecule has 0 aliphatic carbocycles. The van der Waals surface area contributed by atoms with Crippen molar-refractivity contribution in [2.24, 2.45) is 5.73 Å². The molecule has 1 aromatic heterocycles. The third kappa shape index (κ3) is 2.24. The van der Waals surface area contributed by atoms with E-state index in [2.05, 4.69) is 15.5 Å². The highest BCUT2D eigenvalue weighted by Gasteiger charge is 2.17. The molecule has 0 aliphatic heterocycles. The standard InChI is InChI=1S/C12H16FN5/c1-7-4-5-10(6-11(7)13)9(3)18-12(8(2)14)15-16-17-18/h4-6,8-9H,14H2,1-3H3. The fourth-order valence-corrected chi connectivity index (χ4v) is 1.79. The number of nitrogens with two attached hydrogens (primary N) is 1. The predicted molar refractivity (Wildman–Crippen MR) is 65.4 cm³/mol. The average molecular weight is 249 g/mol. The Labute approximate surface area is 105 Å². The zero-order valence-electron chi connectivity index (χ0n) is 10.6. The van der Waals surface area contributed by atoms with Crippen LogP contribution in [0.2, 0.25) is 0 Å². The Balaban J connectivity index is 2.38.